The van der Waals surface area contributed by atoms with Crippen LogP contribution in [0.2, 0.25) is 0 Å². The van der Waals surface area contributed by atoms with E-state index in [1.54, 1.807) is 17.2 Å². The number of aromatic nitrogens is 1. The molecule has 0 unspecified atom stereocenters. The number of carbonyl (C=O) groups is 1. The number of rotatable bonds is 6. The summed E-state index contributed by atoms with van der Waals surface area (Å²) in [6.45, 7) is 2.92. The number of amides is 1. The molecule has 1 amide bonds. The quantitative estimate of drug-likeness (QED) is 0.693. The van der Waals surface area contributed by atoms with E-state index in [0.717, 1.165) is 22.7 Å². The fraction of sp³-hybridized carbons (Fsp3) is 0.217. The summed E-state index contributed by atoms with van der Waals surface area (Å²) in [5.41, 5.74) is 3.32. The number of nitrogens with zero attached hydrogens (tertiary/aromatic N) is 2. The maximum atomic E-state index is 12.4. The Morgan fingerprint density at radius 2 is 1.69 bits per heavy atom. The summed E-state index contributed by atoms with van der Waals surface area (Å²) >= 11 is 0. The zero-order chi connectivity index (χ0) is 19.9. The number of hydrogen-bond donors (Lipinski definition) is 1. The summed E-state index contributed by atoms with van der Waals surface area (Å²) in [5.74, 6) is 0.753. The Kier molecular flexibility index (Phi) is 6.02. The fourth-order valence-corrected chi connectivity index (χ4v) is 3.06. The molecule has 0 spiro atoms. The van der Waals surface area contributed by atoms with Gasteiger partial charge in [-0.1, -0.05) is 30.3 Å². The Morgan fingerprint density at radius 1 is 0.966 bits per heavy atom. The molecule has 1 fully saturated rings. The van der Waals surface area contributed by atoms with E-state index in [4.69, 9.17) is 9.47 Å². The number of ether oxygens (including phenoxy) is 2. The van der Waals surface area contributed by atoms with E-state index in [2.05, 4.69) is 10.3 Å². The average molecular weight is 389 g/mol. The number of hydrogen-bond acceptors (Lipinski definition) is 5. The van der Waals surface area contributed by atoms with Gasteiger partial charge < -0.3 is 19.7 Å². The third kappa shape index (κ3) is 5.12. The van der Waals surface area contributed by atoms with Crippen molar-refractivity contribution in [2.75, 3.05) is 31.6 Å². The fourth-order valence-electron chi connectivity index (χ4n) is 3.06. The van der Waals surface area contributed by atoms with Crippen LogP contribution in [-0.4, -0.2) is 42.1 Å². The molecule has 1 aliphatic rings. The molecule has 0 aliphatic carbocycles. The molecule has 0 saturated carbocycles. The second-order valence-electron chi connectivity index (χ2n) is 6.76. The number of carbonyl (C=O) groups excluding carboxylic acids is 1. The lowest BCUT2D eigenvalue weighted by Gasteiger charge is -2.26. The predicted molar refractivity (Wildman–Crippen MR) is 111 cm³/mol. The molecular weight excluding hydrogens is 366 g/mol. The van der Waals surface area contributed by atoms with E-state index >= 15 is 0 Å². The highest BCUT2D eigenvalue weighted by atomic mass is 16.5. The molecule has 1 aliphatic heterocycles. The lowest BCUT2D eigenvalue weighted by Crippen LogP contribution is -2.41. The molecule has 0 radical (unpaired) electrons. The van der Waals surface area contributed by atoms with Gasteiger partial charge in [-0.3, -0.25) is 4.79 Å². The molecule has 6 nitrogen and oxygen atoms in total. The highest BCUT2D eigenvalue weighted by Crippen LogP contribution is 2.21. The van der Waals surface area contributed by atoms with E-state index in [-0.39, 0.29) is 5.91 Å². The topological polar surface area (TPSA) is 63.7 Å². The molecule has 1 N–H and O–H groups in total. The lowest BCUT2D eigenvalue weighted by molar-refractivity contribution is 0.0299. The first kappa shape index (κ1) is 19.0. The van der Waals surface area contributed by atoms with Crippen molar-refractivity contribution in [2.24, 2.45) is 0 Å². The van der Waals surface area contributed by atoms with Gasteiger partial charge in [-0.05, 0) is 42.0 Å². The first-order valence-corrected chi connectivity index (χ1v) is 9.65. The minimum atomic E-state index is -0.0558. The Hall–Kier alpha value is -3.38. The first-order valence-electron chi connectivity index (χ1n) is 9.65. The van der Waals surface area contributed by atoms with Crippen LogP contribution in [0.1, 0.15) is 16.1 Å². The maximum Gasteiger partial charge on any atom is 0.272 e. The molecule has 4 rings (SSSR count). The first-order chi connectivity index (χ1) is 14.3. The van der Waals surface area contributed by atoms with Crippen molar-refractivity contribution >= 4 is 17.3 Å². The van der Waals surface area contributed by atoms with Gasteiger partial charge in [0.1, 0.15) is 18.1 Å². The van der Waals surface area contributed by atoms with E-state index in [1.807, 2.05) is 60.7 Å². The summed E-state index contributed by atoms with van der Waals surface area (Å²) in [6.07, 6.45) is 1.67. The van der Waals surface area contributed by atoms with Crippen molar-refractivity contribution in [3.8, 4) is 5.75 Å². The number of morpholine rings is 1. The molecule has 29 heavy (non-hydrogen) atoms. The van der Waals surface area contributed by atoms with E-state index < -0.39 is 0 Å². The molecule has 1 aromatic heterocycles. The van der Waals surface area contributed by atoms with Crippen LogP contribution < -0.4 is 10.1 Å². The molecule has 0 atom stereocenters. The van der Waals surface area contributed by atoms with Gasteiger partial charge in [-0.2, -0.15) is 0 Å². The van der Waals surface area contributed by atoms with Crippen LogP contribution in [0.3, 0.4) is 0 Å². The van der Waals surface area contributed by atoms with Crippen LogP contribution in [-0.2, 0) is 11.3 Å². The van der Waals surface area contributed by atoms with Crippen LogP contribution >= 0.6 is 0 Å². The van der Waals surface area contributed by atoms with E-state index in [1.165, 1.54) is 0 Å². The van der Waals surface area contributed by atoms with Crippen LogP contribution in [0.5, 0.6) is 5.75 Å². The van der Waals surface area contributed by atoms with Crippen molar-refractivity contribution in [3.05, 3.63) is 84.2 Å². The standard InChI is InChI=1S/C23H23N3O3/c27-23(26-12-14-28-15-13-26)22-11-8-20(16-24-22)25-19-6-9-21(10-7-19)29-17-18-4-2-1-3-5-18/h1-11,16,25H,12-15,17H2. The van der Waals surface area contributed by atoms with Crippen molar-refractivity contribution < 1.29 is 14.3 Å². The van der Waals surface area contributed by atoms with Gasteiger partial charge in [0.25, 0.3) is 5.91 Å². The van der Waals surface area contributed by atoms with Gasteiger partial charge in [0.2, 0.25) is 0 Å². The Morgan fingerprint density at radius 3 is 2.38 bits per heavy atom. The largest absolute Gasteiger partial charge is 0.489 e. The van der Waals surface area contributed by atoms with Crippen molar-refractivity contribution in [1.29, 1.82) is 0 Å². The molecule has 3 aromatic rings. The van der Waals surface area contributed by atoms with Gasteiger partial charge in [0.05, 0.1) is 25.1 Å². The molecule has 0 bridgehead atoms. The Bertz CT molecular complexity index is 922. The minimum Gasteiger partial charge on any atom is -0.489 e. The van der Waals surface area contributed by atoms with Gasteiger partial charge in [0.15, 0.2) is 0 Å². The Balaban J connectivity index is 1.32. The monoisotopic (exact) mass is 389 g/mol. The summed E-state index contributed by atoms with van der Waals surface area (Å²) in [5, 5.41) is 3.29. The van der Waals surface area contributed by atoms with E-state index in [9.17, 15) is 4.79 Å². The smallest absolute Gasteiger partial charge is 0.272 e. The molecule has 148 valence electrons. The number of benzene rings is 2. The summed E-state index contributed by atoms with van der Waals surface area (Å²) < 4.78 is 11.1. The second kappa shape index (κ2) is 9.21. The SMILES string of the molecule is O=C(c1ccc(Nc2ccc(OCc3ccccc3)cc2)cn1)N1CCOCC1. The van der Waals surface area contributed by atoms with Crippen LogP contribution in [0, 0.1) is 0 Å². The molecule has 2 heterocycles. The maximum absolute atomic E-state index is 12.4. The molecule has 6 heteroatoms. The van der Waals surface area contributed by atoms with Crippen LogP contribution in [0.4, 0.5) is 11.4 Å². The van der Waals surface area contributed by atoms with E-state index in [0.29, 0.717) is 38.6 Å². The summed E-state index contributed by atoms with van der Waals surface area (Å²) in [4.78, 5) is 18.5. The summed E-state index contributed by atoms with van der Waals surface area (Å²) in [6, 6.07) is 21.4. The van der Waals surface area contributed by atoms with Crippen LogP contribution in [0.15, 0.2) is 72.9 Å². The molecule has 1 saturated heterocycles. The zero-order valence-electron chi connectivity index (χ0n) is 16.1. The van der Waals surface area contributed by atoms with Crippen molar-refractivity contribution in [3.63, 3.8) is 0 Å². The second-order valence-corrected chi connectivity index (χ2v) is 6.76. The molecule has 2 aromatic carbocycles. The molecular formula is C23H23N3O3. The number of nitrogens with one attached hydrogen (secondary N) is 1. The van der Waals surface area contributed by atoms with Gasteiger partial charge >= 0.3 is 0 Å². The zero-order valence-corrected chi connectivity index (χ0v) is 16.1. The van der Waals surface area contributed by atoms with Gasteiger partial charge in [-0.25, -0.2) is 4.98 Å². The highest BCUT2D eigenvalue weighted by Gasteiger charge is 2.19. The summed E-state index contributed by atoms with van der Waals surface area (Å²) in [7, 11) is 0. The third-order valence-electron chi connectivity index (χ3n) is 4.67. The van der Waals surface area contributed by atoms with Crippen molar-refractivity contribution in [2.45, 2.75) is 6.61 Å². The number of anilines is 2. The Labute approximate surface area is 170 Å². The van der Waals surface area contributed by atoms with Gasteiger partial charge in [0, 0.05) is 18.8 Å². The van der Waals surface area contributed by atoms with Gasteiger partial charge in [-0.15, -0.1) is 0 Å². The lowest BCUT2D eigenvalue weighted by atomic mass is 10.2. The van der Waals surface area contributed by atoms with Crippen molar-refractivity contribution in [1.82, 2.24) is 9.88 Å². The van der Waals surface area contributed by atoms with Crippen LogP contribution in [0.25, 0.3) is 0 Å². The minimum absolute atomic E-state index is 0.0558. The number of pyridine rings is 1. The normalized spacial score (nSPS) is 13.7. The highest BCUT2D eigenvalue weighted by molar-refractivity contribution is 5.92. The third-order valence-corrected chi connectivity index (χ3v) is 4.67. The average Bonchev–Trinajstić information content (AvgIpc) is 2.80. The predicted octanol–water partition coefficient (Wildman–Crippen LogP) is 3.88.